The normalized spacial score (nSPS) is 30.0. The van der Waals surface area contributed by atoms with Crippen LogP contribution in [0.3, 0.4) is 0 Å². The molecule has 0 saturated carbocycles. The van der Waals surface area contributed by atoms with Gasteiger partial charge in [-0.15, -0.1) is 5.10 Å². The highest BCUT2D eigenvalue weighted by Gasteiger charge is 2.53. The summed E-state index contributed by atoms with van der Waals surface area (Å²) in [5.41, 5.74) is 4.40. The van der Waals surface area contributed by atoms with Gasteiger partial charge in [-0.25, -0.2) is 0 Å². The summed E-state index contributed by atoms with van der Waals surface area (Å²) in [4.78, 5) is 0. The molecule has 22 heavy (non-hydrogen) atoms. The average Bonchev–Trinajstić information content (AvgIpc) is 3.02. The van der Waals surface area contributed by atoms with Crippen LogP contribution in [0.25, 0.3) is 0 Å². The first kappa shape index (κ1) is 15.4. The monoisotopic (exact) mass is 302 g/mol. The fourth-order valence-electron chi connectivity index (χ4n) is 2.78. The highest BCUT2D eigenvalue weighted by Crippen LogP contribution is 2.39. The largest absolute Gasteiger partial charge is 0.494 e. The third-order valence-electron chi connectivity index (χ3n) is 4.86. The van der Waals surface area contributed by atoms with E-state index in [1.54, 1.807) is 0 Å². The molecular weight excluding hydrogens is 279 g/mol. The molecule has 1 fully saturated rings. The summed E-state index contributed by atoms with van der Waals surface area (Å²) >= 11 is 0. The standard InChI is InChI=1S/C16H23BN2O3/c1-6-16(5)15(3,4)21-17(22-16)13-9-7-12(8-10-13)14-19-18-11(2)20-14/h7-10,14,19H,6H2,1-5H3. The van der Waals surface area contributed by atoms with E-state index >= 15 is 0 Å². The van der Waals surface area contributed by atoms with E-state index in [9.17, 15) is 0 Å². The number of hydrogen-bond acceptors (Lipinski definition) is 5. The summed E-state index contributed by atoms with van der Waals surface area (Å²) in [5, 5.41) is 4.04. The Balaban J connectivity index is 1.74. The lowest BCUT2D eigenvalue weighted by molar-refractivity contribution is -0.0118. The van der Waals surface area contributed by atoms with E-state index in [0.29, 0.717) is 5.90 Å². The second-order valence-electron chi connectivity index (χ2n) is 6.59. The number of nitrogens with one attached hydrogen (secondary N) is 1. The predicted molar refractivity (Wildman–Crippen MR) is 86.8 cm³/mol. The van der Waals surface area contributed by atoms with Crippen molar-refractivity contribution in [1.82, 2.24) is 5.43 Å². The molecule has 2 aliphatic heterocycles. The van der Waals surface area contributed by atoms with Crippen molar-refractivity contribution in [3.05, 3.63) is 29.8 Å². The molecular formula is C16H23BN2O3. The van der Waals surface area contributed by atoms with E-state index in [4.69, 9.17) is 14.0 Å². The molecule has 2 unspecified atom stereocenters. The number of nitrogens with zero attached hydrogens (tertiary/aromatic N) is 1. The Hall–Kier alpha value is -1.53. The van der Waals surface area contributed by atoms with Gasteiger partial charge in [-0.1, -0.05) is 31.2 Å². The lowest BCUT2D eigenvalue weighted by Crippen LogP contribution is -2.44. The van der Waals surface area contributed by atoms with Gasteiger partial charge in [0, 0.05) is 12.5 Å². The molecule has 0 radical (unpaired) electrons. The number of benzene rings is 1. The quantitative estimate of drug-likeness (QED) is 0.871. The Morgan fingerprint density at radius 3 is 2.36 bits per heavy atom. The molecule has 2 aliphatic rings. The predicted octanol–water partition coefficient (Wildman–Crippen LogP) is 2.33. The smallest absolute Gasteiger partial charge is 0.451 e. The molecule has 6 heteroatoms. The summed E-state index contributed by atoms with van der Waals surface area (Å²) in [7, 11) is -0.329. The van der Waals surface area contributed by atoms with Gasteiger partial charge in [0.1, 0.15) is 0 Å². The second-order valence-corrected chi connectivity index (χ2v) is 6.59. The lowest BCUT2D eigenvalue weighted by Gasteiger charge is -2.35. The molecule has 1 aromatic rings. The van der Waals surface area contributed by atoms with Gasteiger partial charge in [0.2, 0.25) is 12.1 Å². The fraction of sp³-hybridized carbons (Fsp3) is 0.562. The Morgan fingerprint density at radius 2 is 1.86 bits per heavy atom. The summed E-state index contributed by atoms with van der Waals surface area (Å²) in [6, 6.07) is 8.08. The van der Waals surface area contributed by atoms with Crippen molar-refractivity contribution in [2.45, 2.75) is 58.5 Å². The van der Waals surface area contributed by atoms with Crippen LogP contribution in [0.1, 0.15) is 52.8 Å². The van der Waals surface area contributed by atoms with Gasteiger partial charge in [-0.3, -0.25) is 5.43 Å². The van der Waals surface area contributed by atoms with Crippen LogP contribution in [0.4, 0.5) is 0 Å². The van der Waals surface area contributed by atoms with Crippen molar-refractivity contribution in [2.24, 2.45) is 5.10 Å². The summed E-state index contributed by atoms with van der Waals surface area (Å²) in [6.07, 6.45) is 0.696. The van der Waals surface area contributed by atoms with Crippen LogP contribution in [0.15, 0.2) is 29.4 Å². The van der Waals surface area contributed by atoms with E-state index in [1.165, 1.54) is 0 Å². The van der Waals surface area contributed by atoms with Crippen molar-refractivity contribution in [2.75, 3.05) is 0 Å². The summed E-state index contributed by atoms with van der Waals surface area (Å²) < 4.78 is 17.9. The van der Waals surface area contributed by atoms with Gasteiger partial charge in [0.05, 0.1) is 11.2 Å². The van der Waals surface area contributed by atoms with Gasteiger partial charge in [-0.05, 0) is 32.7 Å². The maximum Gasteiger partial charge on any atom is 0.494 e. The third-order valence-corrected chi connectivity index (χ3v) is 4.86. The minimum atomic E-state index is -0.329. The van der Waals surface area contributed by atoms with E-state index in [-0.39, 0.29) is 24.5 Å². The molecule has 0 amide bonds. The number of hydrazone groups is 1. The van der Waals surface area contributed by atoms with Gasteiger partial charge < -0.3 is 14.0 Å². The van der Waals surface area contributed by atoms with Crippen molar-refractivity contribution >= 4 is 18.5 Å². The Bertz CT molecular complexity index is 588. The van der Waals surface area contributed by atoms with Crippen LogP contribution in [-0.2, 0) is 14.0 Å². The average molecular weight is 302 g/mol. The molecule has 0 aromatic heterocycles. The maximum absolute atomic E-state index is 6.19. The second kappa shape index (κ2) is 5.28. The first-order chi connectivity index (χ1) is 10.3. The molecule has 1 saturated heterocycles. The summed E-state index contributed by atoms with van der Waals surface area (Å²) in [5.74, 6) is 0.650. The molecule has 1 N–H and O–H groups in total. The highest BCUT2D eigenvalue weighted by molar-refractivity contribution is 6.62. The van der Waals surface area contributed by atoms with Crippen molar-refractivity contribution in [3.63, 3.8) is 0 Å². The first-order valence-corrected chi connectivity index (χ1v) is 7.76. The van der Waals surface area contributed by atoms with E-state index in [2.05, 4.69) is 38.2 Å². The van der Waals surface area contributed by atoms with Crippen LogP contribution >= 0.6 is 0 Å². The van der Waals surface area contributed by atoms with E-state index in [0.717, 1.165) is 17.4 Å². The molecule has 0 bridgehead atoms. The van der Waals surface area contributed by atoms with Gasteiger partial charge >= 0.3 is 7.12 Å². The molecule has 5 nitrogen and oxygen atoms in total. The van der Waals surface area contributed by atoms with Crippen LogP contribution in [0.2, 0.25) is 0 Å². The Morgan fingerprint density at radius 1 is 1.18 bits per heavy atom. The third kappa shape index (κ3) is 2.50. The molecule has 2 atom stereocenters. The maximum atomic E-state index is 6.19. The van der Waals surface area contributed by atoms with E-state index in [1.807, 2.05) is 31.2 Å². The van der Waals surface area contributed by atoms with Crippen LogP contribution in [-0.4, -0.2) is 24.2 Å². The molecule has 2 heterocycles. The summed E-state index contributed by atoms with van der Waals surface area (Å²) in [6.45, 7) is 10.2. The zero-order valence-electron chi connectivity index (χ0n) is 13.8. The van der Waals surface area contributed by atoms with E-state index < -0.39 is 0 Å². The zero-order valence-corrected chi connectivity index (χ0v) is 13.8. The zero-order chi connectivity index (χ0) is 16.0. The minimum Gasteiger partial charge on any atom is -0.451 e. The van der Waals surface area contributed by atoms with Crippen molar-refractivity contribution < 1.29 is 14.0 Å². The minimum absolute atomic E-state index is 0.211. The molecule has 0 aliphatic carbocycles. The first-order valence-electron chi connectivity index (χ1n) is 7.76. The molecule has 0 spiro atoms. The SMILES string of the molecule is CCC1(C)OB(c2ccc(C3NN=C(C)O3)cc2)OC1(C)C. The Labute approximate surface area is 132 Å². The number of hydrogen-bond donors (Lipinski definition) is 1. The molecule has 3 rings (SSSR count). The molecule has 1 aromatic carbocycles. The van der Waals surface area contributed by atoms with Gasteiger partial charge in [0.25, 0.3) is 0 Å². The van der Waals surface area contributed by atoms with Crippen molar-refractivity contribution in [3.8, 4) is 0 Å². The highest BCUT2D eigenvalue weighted by atomic mass is 16.7. The van der Waals surface area contributed by atoms with Crippen LogP contribution in [0, 0.1) is 0 Å². The fourth-order valence-corrected chi connectivity index (χ4v) is 2.78. The molecule has 118 valence electrons. The van der Waals surface area contributed by atoms with Crippen LogP contribution < -0.4 is 10.9 Å². The Kier molecular flexibility index (Phi) is 3.69. The van der Waals surface area contributed by atoms with Crippen LogP contribution in [0.5, 0.6) is 0 Å². The number of rotatable bonds is 3. The topological polar surface area (TPSA) is 52.1 Å². The lowest BCUT2D eigenvalue weighted by atomic mass is 9.79. The van der Waals surface area contributed by atoms with Crippen molar-refractivity contribution in [1.29, 1.82) is 0 Å². The van der Waals surface area contributed by atoms with Gasteiger partial charge in [0.15, 0.2) is 0 Å². The van der Waals surface area contributed by atoms with Gasteiger partial charge in [-0.2, -0.15) is 0 Å². The number of ether oxygens (including phenoxy) is 1.